The highest BCUT2D eigenvalue weighted by molar-refractivity contribution is 7.23. The molecule has 0 fully saturated rings. The molecule has 0 radical (unpaired) electrons. The van der Waals surface area contributed by atoms with Crippen LogP contribution in [0.5, 0.6) is 5.75 Å². The summed E-state index contributed by atoms with van der Waals surface area (Å²) in [6.07, 6.45) is 2.06. The Bertz CT molecular complexity index is 919. The molecule has 20 heavy (non-hydrogen) atoms. The van der Waals surface area contributed by atoms with Crippen LogP contribution >= 0.6 is 11.3 Å². The molecule has 2 aromatic heterocycles. The van der Waals surface area contributed by atoms with Crippen LogP contribution in [0.2, 0.25) is 0 Å². The van der Waals surface area contributed by atoms with Crippen molar-refractivity contribution in [2.75, 3.05) is 0 Å². The molecule has 0 unspecified atom stereocenters. The van der Waals surface area contributed by atoms with Crippen LogP contribution in [0.1, 0.15) is 5.56 Å². The van der Waals surface area contributed by atoms with E-state index in [1.165, 1.54) is 15.8 Å². The number of fused-ring (bicyclic) bond motifs is 3. The molecule has 2 aromatic carbocycles. The van der Waals surface area contributed by atoms with E-state index in [2.05, 4.69) is 40.7 Å². The number of benzene rings is 2. The normalized spacial score (nSPS) is 11.4. The van der Waals surface area contributed by atoms with Crippen molar-refractivity contribution in [2.24, 2.45) is 0 Å². The second kappa shape index (κ2) is 4.08. The summed E-state index contributed by atoms with van der Waals surface area (Å²) in [6.45, 7) is 2.10. The Kier molecular flexibility index (Phi) is 2.35. The van der Waals surface area contributed by atoms with Gasteiger partial charge in [-0.25, -0.2) is 4.98 Å². The average Bonchev–Trinajstić information content (AvgIpc) is 2.98. The van der Waals surface area contributed by atoms with Gasteiger partial charge in [-0.1, -0.05) is 17.4 Å². The van der Waals surface area contributed by atoms with Crippen molar-refractivity contribution in [1.82, 2.24) is 9.38 Å². The zero-order chi connectivity index (χ0) is 13.7. The summed E-state index contributed by atoms with van der Waals surface area (Å²) >= 11 is 1.69. The standard InChI is InChI=1S/C16H12N2OS/c1-10-2-7-15-14(8-10)18-9-13(17-16(18)20-15)11-3-5-12(19)6-4-11/h2-9,19H,1H3. The molecule has 0 aliphatic rings. The minimum atomic E-state index is 0.274. The van der Waals surface area contributed by atoms with Gasteiger partial charge in [0.2, 0.25) is 0 Å². The first-order valence-electron chi connectivity index (χ1n) is 6.38. The monoisotopic (exact) mass is 280 g/mol. The fourth-order valence-electron chi connectivity index (χ4n) is 2.38. The largest absolute Gasteiger partial charge is 0.508 e. The van der Waals surface area contributed by atoms with Crippen LogP contribution in [-0.2, 0) is 0 Å². The van der Waals surface area contributed by atoms with E-state index in [9.17, 15) is 5.11 Å². The maximum atomic E-state index is 9.35. The maximum absolute atomic E-state index is 9.35. The molecule has 0 atom stereocenters. The predicted octanol–water partition coefficient (Wildman–Crippen LogP) is 4.23. The van der Waals surface area contributed by atoms with Gasteiger partial charge >= 0.3 is 0 Å². The molecule has 4 aromatic rings. The SMILES string of the molecule is Cc1ccc2sc3nc(-c4ccc(O)cc4)cn3c2c1. The summed E-state index contributed by atoms with van der Waals surface area (Å²) in [5, 5.41) is 9.35. The van der Waals surface area contributed by atoms with E-state index in [-0.39, 0.29) is 5.75 Å². The summed E-state index contributed by atoms with van der Waals surface area (Å²) in [5.41, 5.74) is 4.39. The van der Waals surface area contributed by atoms with Crippen molar-refractivity contribution in [3.63, 3.8) is 0 Å². The Morgan fingerprint density at radius 1 is 1.10 bits per heavy atom. The lowest BCUT2D eigenvalue weighted by Gasteiger charge is -1.96. The molecule has 0 aliphatic heterocycles. The van der Waals surface area contributed by atoms with Crippen molar-refractivity contribution in [3.8, 4) is 17.0 Å². The summed E-state index contributed by atoms with van der Waals surface area (Å²) in [7, 11) is 0. The molecule has 4 rings (SSSR count). The first-order chi connectivity index (χ1) is 9.70. The van der Waals surface area contributed by atoms with Gasteiger partial charge in [-0.05, 0) is 48.9 Å². The fourth-order valence-corrected chi connectivity index (χ4v) is 3.37. The van der Waals surface area contributed by atoms with E-state index in [1.54, 1.807) is 23.5 Å². The quantitative estimate of drug-likeness (QED) is 0.566. The second-order valence-electron chi connectivity index (χ2n) is 4.90. The zero-order valence-electron chi connectivity index (χ0n) is 10.9. The third kappa shape index (κ3) is 1.69. The fraction of sp³-hybridized carbons (Fsp3) is 0.0625. The number of nitrogens with zero attached hydrogens (tertiary/aromatic N) is 2. The van der Waals surface area contributed by atoms with Gasteiger partial charge in [0.1, 0.15) is 5.75 Å². The number of rotatable bonds is 1. The minimum Gasteiger partial charge on any atom is -0.508 e. The summed E-state index contributed by atoms with van der Waals surface area (Å²) in [5.74, 6) is 0.274. The van der Waals surface area contributed by atoms with Gasteiger partial charge in [0.15, 0.2) is 4.96 Å². The van der Waals surface area contributed by atoms with Crippen molar-refractivity contribution >= 4 is 26.5 Å². The van der Waals surface area contributed by atoms with E-state index in [4.69, 9.17) is 0 Å². The lowest BCUT2D eigenvalue weighted by atomic mass is 10.2. The number of imidazole rings is 1. The highest BCUT2D eigenvalue weighted by atomic mass is 32.1. The molecule has 3 nitrogen and oxygen atoms in total. The van der Waals surface area contributed by atoms with Crippen molar-refractivity contribution in [3.05, 3.63) is 54.2 Å². The van der Waals surface area contributed by atoms with E-state index in [0.29, 0.717) is 0 Å². The number of aromatic nitrogens is 2. The first-order valence-corrected chi connectivity index (χ1v) is 7.20. The van der Waals surface area contributed by atoms with Crippen LogP contribution in [-0.4, -0.2) is 14.5 Å². The van der Waals surface area contributed by atoms with Crippen LogP contribution in [0, 0.1) is 6.92 Å². The van der Waals surface area contributed by atoms with Gasteiger partial charge in [-0.2, -0.15) is 0 Å². The third-order valence-corrected chi connectivity index (χ3v) is 4.45. The van der Waals surface area contributed by atoms with Gasteiger partial charge in [0.25, 0.3) is 0 Å². The number of hydrogen-bond donors (Lipinski definition) is 1. The predicted molar refractivity (Wildman–Crippen MR) is 82.4 cm³/mol. The summed E-state index contributed by atoms with van der Waals surface area (Å²) < 4.78 is 3.38. The lowest BCUT2D eigenvalue weighted by Crippen LogP contribution is -1.79. The molecule has 4 heteroatoms. The van der Waals surface area contributed by atoms with Crippen LogP contribution in [0.15, 0.2) is 48.7 Å². The molecule has 0 bridgehead atoms. The lowest BCUT2D eigenvalue weighted by molar-refractivity contribution is 0.475. The Labute approximate surface area is 119 Å². The second-order valence-corrected chi connectivity index (χ2v) is 5.91. The van der Waals surface area contributed by atoms with E-state index in [1.807, 2.05) is 12.1 Å². The van der Waals surface area contributed by atoms with Crippen molar-refractivity contribution in [1.29, 1.82) is 0 Å². The summed E-state index contributed by atoms with van der Waals surface area (Å²) in [6, 6.07) is 13.6. The van der Waals surface area contributed by atoms with Crippen LogP contribution in [0.25, 0.3) is 26.4 Å². The molecule has 0 saturated heterocycles. The minimum absolute atomic E-state index is 0.274. The van der Waals surface area contributed by atoms with Crippen molar-refractivity contribution in [2.45, 2.75) is 6.92 Å². The molecule has 0 saturated carbocycles. The third-order valence-electron chi connectivity index (χ3n) is 3.41. The highest BCUT2D eigenvalue weighted by Gasteiger charge is 2.10. The zero-order valence-corrected chi connectivity index (χ0v) is 11.7. The maximum Gasteiger partial charge on any atom is 0.195 e. The number of aromatic hydroxyl groups is 1. The Morgan fingerprint density at radius 3 is 2.70 bits per heavy atom. The Balaban J connectivity index is 1.94. The Morgan fingerprint density at radius 2 is 1.90 bits per heavy atom. The van der Waals surface area contributed by atoms with E-state index in [0.717, 1.165) is 16.2 Å². The molecule has 0 aliphatic carbocycles. The average molecular weight is 280 g/mol. The van der Waals surface area contributed by atoms with Crippen LogP contribution < -0.4 is 0 Å². The van der Waals surface area contributed by atoms with Gasteiger partial charge in [0, 0.05) is 11.8 Å². The van der Waals surface area contributed by atoms with Crippen molar-refractivity contribution < 1.29 is 5.11 Å². The Hall–Kier alpha value is -2.33. The molecule has 2 heterocycles. The number of phenols is 1. The molecule has 98 valence electrons. The topological polar surface area (TPSA) is 37.5 Å². The molecule has 1 N–H and O–H groups in total. The van der Waals surface area contributed by atoms with Crippen LogP contribution in [0.4, 0.5) is 0 Å². The molecular formula is C16H12N2OS. The summed E-state index contributed by atoms with van der Waals surface area (Å²) in [4.78, 5) is 5.67. The molecular weight excluding hydrogens is 268 g/mol. The van der Waals surface area contributed by atoms with Gasteiger partial charge in [-0.3, -0.25) is 4.40 Å². The molecule has 0 amide bonds. The number of hydrogen-bond acceptors (Lipinski definition) is 3. The number of aryl methyl sites for hydroxylation is 1. The van der Waals surface area contributed by atoms with Gasteiger partial charge in [0.05, 0.1) is 15.9 Å². The number of thiazole rings is 1. The smallest absolute Gasteiger partial charge is 0.195 e. The van der Waals surface area contributed by atoms with Gasteiger partial charge in [-0.15, -0.1) is 0 Å². The number of phenolic OH excluding ortho intramolecular Hbond substituents is 1. The van der Waals surface area contributed by atoms with E-state index < -0.39 is 0 Å². The molecule has 0 spiro atoms. The van der Waals surface area contributed by atoms with Crippen LogP contribution in [0.3, 0.4) is 0 Å². The van der Waals surface area contributed by atoms with E-state index >= 15 is 0 Å². The highest BCUT2D eigenvalue weighted by Crippen LogP contribution is 2.30. The first kappa shape index (κ1) is 11.5. The van der Waals surface area contributed by atoms with Gasteiger partial charge < -0.3 is 5.11 Å².